The van der Waals surface area contributed by atoms with Crippen LogP contribution in [-0.4, -0.2) is 57.9 Å². The lowest BCUT2D eigenvalue weighted by atomic mass is 10.1. The van der Waals surface area contributed by atoms with Gasteiger partial charge in [0.2, 0.25) is 0 Å². The number of alkyl halides is 3. The fraction of sp³-hybridized carbons (Fsp3) is 0.680. The molecular weight excluding hydrogens is 459 g/mol. The number of rotatable bonds is 4. The van der Waals surface area contributed by atoms with Crippen LogP contribution in [0.1, 0.15) is 59.9 Å². The molecule has 3 fully saturated rings. The van der Waals surface area contributed by atoms with Gasteiger partial charge < -0.3 is 15.2 Å². The van der Waals surface area contributed by atoms with Crippen molar-refractivity contribution in [2.45, 2.75) is 78.4 Å². The lowest BCUT2D eigenvalue weighted by Gasteiger charge is -2.38. The highest BCUT2D eigenvalue weighted by atomic mass is 19.4. The van der Waals surface area contributed by atoms with Crippen molar-refractivity contribution in [3.05, 3.63) is 24.5 Å². The average molecular weight is 498 g/mol. The maximum Gasteiger partial charge on any atom is 0.573 e. The van der Waals surface area contributed by atoms with Crippen LogP contribution in [0.15, 0.2) is 24.5 Å². The average Bonchev–Trinajstić information content (AvgIpc) is 3.20. The van der Waals surface area contributed by atoms with Crippen LogP contribution in [-0.2, 0) is 4.74 Å². The summed E-state index contributed by atoms with van der Waals surface area (Å²) >= 11 is 0. The van der Waals surface area contributed by atoms with Gasteiger partial charge in [-0.15, -0.1) is 13.2 Å². The van der Waals surface area contributed by atoms with Gasteiger partial charge in [0.15, 0.2) is 11.6 Å². The molecule has 7 nitrogen and oxygen atoms in total. The van der Waals surface area contributed by atoms with E-state index in [1.54, 1.807) is 16.9 Å². The Morgan fingerprint density at radius 3 is 2.43 bits per heavy atom. The Bertz CT molecular complexity index is 939. The van der Waals surface area contributed by atoms with Gasteiger partial charge in [-0.25, -0.2) is 4.98 Å². The fourth-order valence-corrected chi connectivity index (χ4v) is 4.82. The molecule has 1 aliphatic heterocycles. The van der Waals surface area contributed by atoms with E-state index in [0.717, 1.165) is 31.1 Å². The number of hydrogen-bond acceptors (Lipinski definition) is 6. The van der Waals surface area contributed by atoms with Crippen molar-refractivity contribution in [2.24, 2.45) is 11.8 Å². The van der Waals surface area contributed by atoms with E-state index < -0.39 is 12.1 Å². The third-order valence-corrected chi connectivity index (χ3v) is 6.65. The van der Waals surface area contributed by atoms with E-state index in [0.29, 0.717) is 17.3 Å². The van der Waals surface area contributed by atoms with Gasteiger partial charge in [0, 0.05) is 42.6 Å². The van der Waals surface area contributed by atoms with Crippen molar-refractivity contribution >= 4 is 5.82 Å². The van der Waals surface area contributed by atoms with Crippen LogP contribution in [0.2, 0.25) is 0 Å². The van der Waals surface area contributed by atoms with E-state index in [1.807, 2.05) is 27.7 Å². The fourth-order valence-electron chi connectivity index (χ4n) is 4.82. The molecule has 0 spiro atoms. The summed E-state index contributed by atoms with van der Waals surface area (Å²) in [6.45, 7) is 13.3. The monoisotopic (exact) mass is 497 g/mol. The first-order valence-electron chi connectivity index (χ1n) is 12.5. The first-order valence-corrected chi connectivity index (χ1v) is 12.5. The summed E-state index contributed by atoms with van der Waals surface area (Å²) in [7, 11) is 0. The van der Waals surface area contributed by atoms with Crippen LogP contribution in [0.25, 0.3) is 11.3 Å². The number of halogens is 3. The second-order valence-corrected chi connectivity index (χ2v) is 9.47. The van der Waals surface area contributed by atoms with Crippen LogP contribution in [0.4, 0.5) is 19.0 Å². The molecule has 2 N–H and O–H groups in total. The minimum Gasteiger partial charge on any atom is -0.402 e. The van der Waals surface area contributed by atoms with Gasteiger partial charge in [0.05, 0.1) is 18.9 Å². The summed E-state index contributed by atoms with van der Waals surface area (Å²) in [4.78, 5) is 6.39. The highest BCUT2D eigenvalue weighted by molar-refractivity contribution is 5.63. The first kappa shape index (κ1) is 27.3. The molecular formula is C25H38F3N5O2. The van der Waals surface area contributed by atoms with Crippen molar-refractivity contribution < 1.29 is 22.6 Å². The quantitative estimate of drug-likeness (QED) is 0.598. The Kier molecular flexibility index (Phi) is 9.04. The van der Waals surface area contributed by atoms with Gasteiger partial charge in [-0.3, -0.25) is 9.58 Å². The number of nitrogens with two attached hydrogens (primary N) is 1. The molecule has 2 aromatic rings. The van der Waals surface area contributed by atoms with Crippen molar-refractivity contribution in [2.75, 3.05) is 25.5 Å². The van der Waals surface area contributed by atoms with Crippen molar-refractivity contribution in [1.29, 1.82) is 0 Å². The zero-order valence-electron chi connectivity index (χ0n) is 21.3. The molecule has 35 heavy (non-hydrogen) atoms. The van der Waals surface area contributed by atoms with Gasteiger partial charge in [-0.05, 0) is 64.0 Å². The largest absolute Gasteiger partial charge is 0.573 e. The summed E-state index contributed by atoms with van der Waals surface area (Å²) in [6, 6.07) is 4.57. The third kappa shape index (κ3) is 7.33. The second-order valence-electron chi connectivity index (χ2n) is 9.47. The topological polar surface area (TPSA) is 78.4 Å². The molecule has 0 radical (unpaired) electrons. The number of hydrogen-bond donors (Lipinski definition) is 1. The summed E-state index contributed by atoms with van der Waals surface area (Å²) in [5.41, 5.74) is 6.27. The molecule has 196 valence electrons. The molecule has 2 aromatic heterocycles. The minimum absolute atomic E-state index is 0.149. The predicted molar refractivity (Wildman–Crippen MR) is 130 cm³/mol. The number of fused-ring (bicyclic) bond motifs is 1. The normalized spacial score (nSPS) is 25.7. The third-order valence-electron chi connectivity index (χ3n) is 6.65. The maximum absolute atomic E-state index is 12.2. The molecule has 3 atom stereocenters. The van der Waals surface area contributed by atoms with Crippen LogP contribution in [0.5, 0.6) is 5.75 Å². The van der Waals surface area contributed by atoms with Crippen molar-refractivity contribution in [1.82, 2.24) is 19.7 Å². The van der Waals surface area contributed by atoms with E-state index in [1.165, 1.54) is 38.1 Å². The zero-order valence-corrected chi connectivity index (χ0v) is 21.3. The van der Waals surface area contributed by atoms with E-state index in [4.69, 9.17) is 10.5 Å². The minimum atomic E-state index is -4.81. The highest BCUT2D eigenvalue weighted by Gasteiger charge is 2.48. The Morgan fingerprint density at radius 2 is 1.86 bits per heavy atom. The molecule has 10 heteroatoms. The molecule has 3 aliphatic rings. The number of morpholine rings is 1. The summed E-state index contributed by atoms with van der Waals surface area (Å²) < 4.78 is 47.7. The van der Waals surface area contributed by atoms with Gasteiger partial charge in [0.1, 0.15) is 0 Å². The van der Waals surface area contributed by atoms with Gasteiger partial charge >= 0.3 is 6.36 Å². The summed E-state index contributed by atoms with van der Waals surface area (Å²) in [6.07, 6.45) is 2.77. The van der Waals surface area contributed by atoms with Gasteiger partial charge in [0.25, 0.3) is 0 Å². The van der Waals surface area contributed by atoms with Crippen LogP contribution < -0.4 is 10.5 Å². The predicted octanol–water partition coefficient (Wildman–Crippen LogP) is 5.54. The van der Waals surface area contributed by atoms with E-state index in [2.05, 4.69) is 26.6 Å². The van der Waals surface area contributed by atoms with E-state index >= 15 is 0 Å². The Labute approximate surface area is 205 Å². The van der Waals surface area contributed by atoms with Crippen LogP contribution in [0.3, 0.4) is 0 Å². The zero-order chi connectivity index (χ0) is 25.8. The molecule has 0 aromatic carbocycles. The molecule has 0 bridgehead atoms. The molecule has 1 saturated heterocycles. The van der Waals surface area contributed by atoms with Gasteiger partial charge in [-0.2, -0.15) is 5.10 Å². The van der Waals surface area contributed by atoms with Crippen molar-refractivity contribution in [3.63, 3.8) is 0 Å². The second kappa shape index (κ2) is 11.6. The number of nitrogen functional groups attached to an aromatic ring is 1. The highest BCUT2D eigenvalue weighted by Crippen LogP contribution is 2.53. The Morgan fingerprint density at radius 1 is 1.17 bits per heavy atom. The Balaban J connectivity index is 0.000000195. The van der Waals surface area contributed by atoms with Crippen LogP contribution in [0, 0.1) is 11.8 Å². The van der Waals surface area contributed by atoms with E-state index in [-0.39, 0.29) is 11.9 Å². The van der Waals surface area contributed by atoms with Crippen molar-refractivity contribution in [3.8, 4) is 17.0 Å². The number of pyridine rings is 1. The molecule has 2 saturated carbocycles. The standard InChI is InChI=1S/C12H13F3N4O.C11H19NO.C2H6/c1-7(2)19-4-3-9(18-19)8-5-10(11(16)17-6-8)20-12(13,14)15;1-8-7-13-3-2-12(8)11-5-9-4-10(9)6-11;1-2/h3-7H,1-2H3,(H2,16,17);8-11H,2-7H2,1H3;1-2H3. The smallest absolute Gasteiger partial charge is 0.402 e. The first-order chi connectivity index (χ1) is 16.6. The molecule has 5 rings (SSSR count). The van der Waals surface area contributed by atoms with E-state index in [9.17, 15) is 13.2 Å². The molecule has 2 aliphatic carbocycles. The number of ether oxygens (including phenoxy) is 2. The summed E-state index contributed by atoms with van der Waals surface area (Å²) in [5, 5.41) is 4.25. The maximum atomic E-state index is 12.2. The lowest BCUT2D eigenvalue weighted by Crippen LogP contribution is -2.48. The molecule has 3 unspecified atom stereocenters. The number of nitrogens with zero attached hydrogens (tertiary/aromatic N) is 4. The molecule has 0 amide bonds. The Hall–Kier alpha value is -2.33. The lowest BCUT2D eigenvalue weighted by molar-refractivity contribution is -0.274. The number of aromatic nitrogens is 3. The van der Waals surface area contributed by atoms with Crippen LogP contribution >= 0.6 is 0 Å². The summed E-state index contributed by atoms with van der Waals surface area (Å²) in [5.74, 6) is 1.36. The molecule has 3 heterocycles. The van der Waals surface area contributed by atoms with Gasteiger partial charge in [-0.1, -0.05) is 13.8 Å². The number of anilines is 1. The SMILES string of the molecule is CC.CC(C)n1ccc(-c2cnc(N)c(OC(F)(F)F)c2)n1.CC1COCCN1C1CC2CC2C1.